The van der Waals surface area contributed by atoms with Gasteiger partial charge in [0.2, 0.25) is 0 Å². The Morgan fingerprint density at radius 1 is 0.513 bits per heavy atom. The molecule has 0 aromatic carbocycles. The van der Waals surface area contributed by atoms with Gasteiger partial charge < -0.3 is 14.2 Å². The van der Waals surface area contributed by atoms with E-state index >= 15 is 0 Å². The van der Waals surface area contributed by atoms with E-state index in [0.29, 0.717) is 56.8 Å². The predicted molar refractivity (Wildman–Crippen MR) is 157 cm³/mol. The van der Waals surface area contributed by atoms with Gasteiger partial charge in [-0.05, 0) is 56.3 Å². The molecule has 0 spiro atoms. The molecule has 1 saturated carbocycles. The van der Waals surface area contributed by atoms with Crippen molar-refractivity contribution in [1.29, 1.82) is 0 Å². The average molecular weight is 553 g/mol. The normalized spacial score (nSPS) is 21.5. The molecular formula is C33H60O6. The molecule has 1 aliphatic carbocycles. The minimum atomic E-state index is -0.485. The van der Waals surface area contributed by atoms with Crippen LogP contribution in [0.25, 0.3) is 0 Å². The summed E-state index contributed by atoms with van der Waals surface area (Å²) in [7, 11) is 0. The van der Waals surface area contributed by atoms with Crippen LogP contribution in [-0.4, -0.2) is 37.7 Å². The molecule has 1 rings (SSSR count). The maximum Gasteiger partial charge on any atom is 0.308 e. The summed E-state index contributed by atoms with van der Waals surface area (Å²) in [5.41, 5.74) is 0. The average Bonchev–Trinajstić information content (AvgIpc) is 2.96. The minimum absolute atomic E-state index is 0.288. The molecule has 228 valence electrons. The first-order valence-electron chi connectivity index (χ1n) is 16.3. The number of carbonyl (C=O) groups excluding carboxylic acids is 3. The van der Waals surface area contributed by atoms with E-state index in [4.69, 9.17) is 14.2 Å². The number of carbonyl (C=O) groups is 3. The van der Waals surface area contributed by atoms with E-state index in [1.807, 2.05) is 0 Å². The van der Waals surface area contributed by atoms with Gasteiger partial charge in [-0.25, -0.2) is 0 Å². The summed E-state index contributed by atoms with van der Waals surface area (Å²) in [4.78, 5) is 39.5. The van der Waals surface area contributed by atoms with Gasteiger partial charge in [0.25, 0.3) is 0 Å². The van der Waals surface area contributed by atoms with Gasteiger partial charge in [-0.15, -0.1) is 0 Å². The van der Waals surface area contributed by atoms with Crippen LogP contribution in [0.15, 0.2) is 0 Å². The summed E-state index contributed by atoms with van der Waals surface area (Å²) in [6.07, 6.45) is 13.9. The van der Waals surface area contributed by atoms with Gasteiger partial charge >= 0.3 is 17.9 Å². The fraction of sp³-hybridized carbons (Fsp3) is 0.909. The lowest BCUT2D eigenvalue weighted by Crippen LogP contribution is -2.38. The third-order valence-corrected chi connectivity index (χ3v) is 8.72. The van der Waals surface area contributed by atoms with Crippen molar-refractivity contribution in [2.75, 3.05) is 19.8 Å². The Morgan fingerprint density at radius 3 is 0.974 bits per heavy atom. The summed E-state index contributed by atoms with van der Waals surface area (Å²) in [6, 6.07) is 0. The van der Waals surface area contributed by atoms with E-state index in [1.54, 1.807) is 0 Å². The Labute approximate surface area is 239 Å². The molecule has 0 N–H and O–H groups in total. The van der Waals surface area contributed by atoms with E-state index in [-0.39, 0.29) is 17.9 Å². The Bertz CT molecular complexity index is 581. The van der Waals surface area contributed by atoms with E-state index in [1.165, 1.54) is 0 Å². The molecule has 1 fully saturated rings. The highest BCUT2D eigenvalue weighted by molar-refractivity contribution is 5.80. The second-order valence-corrected chi connectivity index (χ2v) is 11.9. The van der Waals surface area contributed by atoms with Gasteiger partial charge in [-0.3, -0.25) is 14.4 Å². The molecule has 0 radical (unpaired) electrons. The fourth-order valence-electron chi connectivity index (χ4n) is 5.54. The van der Waals surface area contributed by atoms with Gasteiger partial charge in [0.15, 0.2) is 0 Å². The number of unbranched alkanes of at least 4 members (excludes halogenated alkanes) is 3. The Morgan fingerprint density at radius 2 is 0.769 bits per heavy atom. The largest absolute Gasteiger partial charge is 0.465 e. The highest BCUT2D eigenvalue weighted by atomic mass is 16.5. The molecule has 6 nitrogen and oxygen atoms in total. The molecule has 1 aliphatic rings. The van der Waals surface area contributed by atoms with Crippen molar-refractivity contribution in [2.24, 2.45) is 35.5 Å². The Balaban J connectivity index is 2.87. The monoisotopic (exact) mass is 552 g/mol. The molecule has 0 bridgehead atoms. The van der Waals surface area contributed by atoms with Crippen LogP contribution in [0.4, 0.5) is 0 Å². The maximum absolute atomic E-state index is 13.2. The molecule has 3 unspecified atom stereocenters. The van der Waals surface area contributed by atoms with Crippen molar-refractivity contribution < 1.29 is 28.6 Å². The van der Waals surface area contributed by atoms with Crippen molar-refractivity contribution >= 4 is 17.9 Å². The number of hydrogen-bond donors (Lipinski definition) is 0. The van der Waals surface area contributed by atoms with E-state index in [0.717, 1.165) is 77.0 Å². The van der Waals surface area contributed by atoms with E-state index in [2.05, 4.69) is 41.5 Å². The molecule has 39 heavy (non-hydrogen) atoms. The van der Waals surface area contributed by atoms with Crippen LogP contribution in [0.5, 0.6) is 0 Å². The second kappa shape index (κ2) is 21.2. The van der Waals surface area contributed by atoms with Crippen molar-refractivity contribution in [3.63, 3.8) is 0 Å². The quantitative estimate of drug-likeness (QED) is 0.105. The zero-order chi connectivity index (χ0) is 29.0. The van der Waals surface area contributed by atoms with E-state index in [9.17, 15) is 14.4 Å². The summed E-state index contributed by atoms with van der Waals surface area (Å²) < 4.78 is 17.3. The molecule has 0 saturated heterocycles. The van der Waals surface area contributed by atoms with Crippen LogP contribution < -0.4 is 0 Å². The van der Waals surface area contributed by atoms with Crippen molar-refractivity contribution in [3.05, 3.63) is 0 Å². The van der Waals surface area contributed by atoms with Crippen molar-refractivity contribution in [3.8, 4) is 0 Å². The molecule has 0 aromatic heterocycles. The van der Waals surface area contributed by atoms with Crippen LogP contribution in [-0.2, 0) is 28.6 Å². The molecule has 0 aliphatic heterocycles. The molecule has 3 atom stereocenters. The summed E-state index contributed by atoms with van der Waals surface area (Å²) in [6.45, 7) is 14.1. The highest BCUT2D eigenvalue weighted by Gasteiger charge is 2.41. The molecular weight excluding hydrogens is 492 g/mol. The highest BCUT2D eigenvalue weighted by Crippen LogP contribution is 2.36. The van der Waals surface area contributed by atoms with Crippen molar-refractivity contribution in [2.45, 2.75) is 138 Å². The molecule has 0 aromatic rings. The lowest BCUT2D eigenvalue weighted by Gasteiger charge is -2.32. The Kier molecular flexibility index (Phi) is 19.3. The van der Waals surface area contributed by atoms with Crippen LogP contribution in [0.3, 0.4) is 0 Å². The van der Waals surface area contributed by atoms with Gasteiger partial charge in [0.1, 0.15) is 0 Å². The second-order valence-electron chi connectivity index (χ2n) is 11.9. The third kappa shape index (κ3) is 14.0. The summed E-state index contributed by atoms with van der Waals surface area (Å²) in [5.74, 6) is -1.27. The zero-order valence-corrected chi connectivity index (χ0v) is 26.1. The smallest absolute Gasteiger partial charge is 0.308 e. The number of ether oxygens (including phenoxy) is 3. The summed E-state index contributed by atoms with van der Waals surface area (Å²) >= 11 is 0. The number of rotatable bonds is 21. The topological polar surface area (TPSA) is 78.9 Å². The maximum atomic E-state index is 13.2. The number of hydrogen-bond acceptors (Lipinski definition) is 6. The van der Waals surface area contributed by atoms with Crippen LogP contribution in [0.2, 0.25) is 0 Å². The van der Waals surface area contributed by atoms with Crippen LogP contribution in [0.1, 0.15) is 138 Å². The van der Waals surface area contributed by atoms with Crippen LogP contribution >= 0.6 is 0 Å². The standard InChI is InChI=1S/C33H60O6/c1-7-13-16-25(10-4)22-37-31(34)28-19-29(32(35)38-23-26(11-5)17-14-8-2)21-30(20-28)33(36)39-24-27(12-6)18-15-9-3/h25-30H,7-24H2,1-6H3. The molecule has 6 heteroatoms. The first-order chi connectivity index (χ1) is 18.8. The first kappa shape index (κ1) is 35.4. The van der Waals surface area contributed by atoms with Gasteiger partial charge in [-0.1, -0.05) is 99.3 Å². The van der Waals surface area contributed by atoms with Gasteiger partial charge in [0, 0.05) is 0 Å². The first-order valence-corrected chi connectivity index (χ1v) is 16.3. The lowest BCUT2D eigenvalue weighted by atomic mass is 9.75. The molecule has 0 heterocycles. The van der Waals surface area contributed by atoms with Gasteiger partial charge in [0.05, 0.1) is 37.6 Å². The van der Waals surface area contributed by atoms with Gasteiger partial charge in [-0.2, -0.15) is 0 Å². The lowest BCUT2D eigenvalue weighted by molar-refractivity contribution is -0.162. The SMILES string of the molecule is CCCCC(CC)COC(=O)C1CC(C(=O)OCC(CC)CCCC)CC(C(=O)OCC(CC)CCCC)C1. The third-order valence-electron chi connectivity index (χ3n) is 8.72. The predicted octanol–water partition coefficient (Wildman–Crippen LogP) is 8.30. The number of esters is 3. The zero-order valence-electron chi connectivity index (χ0n) is 26.1. The van der Waals surface area contributed by atoms with Crippen LogP contribution in [0, 0.1) is 35.5 Å². The fourth-order valence-corrected chi connectivity index (χ4v) is 5.54. The summed E-state index contributed by atoms with van der Waals surface area (Å²) in [5, 5.41) is 0. The molecule has 0 amide bonds. The van der Waals surface area contributed by atoms with E-state index < -0.39 is 17.8 Å². The Hall–Kier alpha value is -1.59. The van der Waals surface area contributed by atoms with Crippen molar-refractivity contribution in [1.82, 2.24) is 0 Å². The minimum Gasteiger partial charge on any atom is -0.465 e.